The number of rotatable bonds is 8. The van der Waals surface area contributed by atoms with E-state index >= 15 is 0 Å². The van der Waals surface area contributed by atoms with Crippen LogP contribution in [0.15, 0.2) is 42.6 Å². The van der Waals surface area contributed by atoms with E-state index in [-0.39, 0.29) is 12.5 Å². The first-order valence-corrected chi connectivity index (χ1v) is 10.1. The lowest BCUT2D eigenvalue weighted by molar-refractivity contribution is 0.0950. The summed E-state index contributed by atoms with van der Waals surface area (Å²) in [6, 6.07) is 11.6. The van der Waals surface area contributed by atoms with Crippen LogP contribution in [0, 0.1) is 0 Å². The minimum Gasteiger partial charge on any atom is -0.396 e. The van der Waals surface area contributed by atoms with E-state index in [9.17, 15) is 4.79 Å². The molecule has 0 bridgehead atoms. The fourth-order valence-electron chi connectivity index (χ4n) is 3.50. The maximum atomic E-state index is 12.4. The van der Waals surface area contributed by atoms with E-state index in [1.54, 1.807) is 10.7 Å². The number of benzene rings is 1. The molecule has 1 amide bonds. The minimum atomic E-state index is -0.0584. The standard InChI is InChI=1S/C21H26N6O2/c28-12-2-11-23-19-8-9-20-24-14-18(27(20)26-19)15-4-6-16(7-5-15)21(29)25-13-17-3-1-10-22-17/h4-9,14,17,22,28H,1-3,10-13H2,(H,23,26)(H,25,29)/t17-/m0/s1. The van der Waals surface area contributed by atoms with Crippen LogP contribution in [0.2, 0.25) is 0 Å². The number of aliphatic hydroxyl groups is 1. The largest absolute Gasteiger partial charge is 0.396 e. The van der Waals surface area contributed by atoms with E-state index in [4.69, 9.17) is 5.11 Å². The molecular formula is C21H26N6O2. The SMILES string of the molecule is O=C(NC[C@@H]1CCCN1)c1ccc(-c2cnc3ccc(NCCCO)nn23)cc1. The van der Waals surface area contributed by atoms with Crippen LogP contribution < -0.4 is 16.0 Å². The molecule has 8 nitrogen and oxygen atoms in total. The molecule has 1 atom stereocenters. The van der Waals surface area contributed by atoms with Crippen molar-refractivity contribution in [2.45, 2.75) is 25.3 Å². The number of carbonyl (C=O) groups excluding carboxylic acids is 1. The summed E-state index contributed by atoms with van der Waals surface area (Å²) in [5, 5.41) is 23.1. The summed E-state index contributed by atoms with van der Waals surface area (Å²) in [7, 11) is 0. The predicted molar refractivity (Wildman–Crippen MR) is 112 cm³/mol. The molecule has 1 aliphatic heterocycles. The first-order valence-electron chi connectivity index (χ1n) is 10.1. The Bertz CT molecular complexity index is 963. The first-order chi connectivity index (χ1) is 14.2. The molecule has 3 heterocycles. The van der Waals surface area contributed by atoms with Crippen LogP contribution in [-0.2, 0) is 0 Å². The zero-order chi connectivity index (χ0) is 20.1. The molecule has 152 valence electrons. The highest BCUT2D eigenvalue weighted by Gasteiger charge is 2.15. The number of imidazole rings is 1. The molecule has 4 rings (SSSR count). The summed E-state index contributed by atoms with van der Waals surface area (Å²) in [4.78, 5) is 16.8. The van der Waals surface area contributed by atoms with E-state index in [2.05, 4.69) is 26.0 Å². The Morgan fingerprint density at radius 2 is 2.10 bits per heavy atom. The number of aliphatic hydroxyl groups excluding tert-OH is 1. The van der Waals surface area contributed by atoms with E-state index in [1.165, 1.54) is 6.42 Å². The zero-order valence-corrected chi connectivity index (χ0v) is 16.3. The fraction of sp³-hybridized carbons (Fsp3) is 0.381. The monoisotopic (exact) mass is 394 g/mol. The summed E-state index contributed by atoms with van der Waals surface area (Å²) in [5.74, 6) is 0.665. The van der Waals surface area contributed by atoms with Gasteiger partial charge in [-0.05, 0) is 50.1 Å². The topological polar surface area (TPSA) is 104 Å². The molecule has 1 fully saturated rings. The third-order valence-electron chi connectivity index (χ3n) is 5.12. The predicted octanol–water partition coefficient (Wildman–Crippen LogP) is 1.67. The van der Waals surface area contributed by atoms with Crippen molar-refractivity contribution < 1.29 is 9.90 Å². The highest BCUT2D eigenvalue weighted by Crippen LogP contribution is 2.21. The van der Waals surface area contributed by atoms with Gasteiger partial charge < -0.3 is 21.1 Å². The maximum absolute atomic E-state index is 12.4. The van der Waals surface area contributed by atoms with Gasteiger partial charge in [-0.25, -0.2) is 9.50 Å². The van der Waals surface area contributed by atoms with Crippen LogP contribution in [0.25, 0.3) is 16.9 Å². The van der Waals surface area contributed by atoms with E-state index < -0.39 is 0 Å². The van der Waals surface area contributed by atoms with Crippen LogP contribution in [0.1, 0.15) is 29.6 Å². The van der Waals surface area contributed by atoms with Crippen LogP contribution in [0.4, 0.5) is 5.82 Å². The lowest BCUT2D eigenvalue weighted by Crippen LogP contribution is -2.37. The van der Waals surface area contributed by atoms with Gasteiger partial charge in [0.2, 0.25) is 0 Å². The van der Waals surface area contributed by atoms with Gasteiger partial charge in [-0.2, -0.15) is 0 Å². The quantitative estimate of drug-likeness (QED) is 0.434. The number of hydrogen-bond acceptors (Lipinski definition) is 6. The van der Waals surface area contributed by atoms with Crippen LogP contribution in [0.3, 0.4) is 0 Å². The molecule has 29 heavy (non-hydrogen) atoms. The summed E-state index contributed by atoms with van der Waals surface area (Å²) >= 11 is 0. The summed E-state index contributed by atoms with van der Waals surface area (Å²) in [6.07, 6.45) is 4.72. The Hall–Kier alpha value is -2.97. The van der Waals surface area contributed by atoms with Gasteiger partial charge >= 0.3 is 0 Å². The summed E-state index contributed by atoms with van der Waals surface area (Å²) in [6.45, 7) is 2.48. The van der Waals surface area contributed by atoms with Gasteiger partial charge in [-0.3, -0.25) is 4.79 Å². The molecular weight excluding hydrogens is 368 g/mol. The maximum Gasteiger partial charge on any atom is 0.251 e. The molecule has 8 heteroatoms. The Balaban J connectivity index is 1.47. The van der Waals surface area contributed by atoms with Crippen molar-refractivity contribution >= 4 is 17.4 Å². The second kappa shape index (κ2) is 9.02. The van der Waals surface area contributed by atoms with Gasteiger partial charge in [0.05, 0.1) is 11.9 Å². The van der Waals surface area contributed by atoms with Crippen molar-refractivity contribution in [2.75, 3.05) is 31.6 Å². The molecule has 0 saturated carbocycles. The number of carbonyl (C=O) groups is 1. The second-order valence-electron chi connectivity index (χ2n) is 7.22. The van der Waals surface area contributed by atoms with Crippen molar-refractivity contribution in [1.82, 2.24) is 25.2 Å². The van der Waals surface area contributed by atoms with Crippen molar-refractivity contribution in [1.29, 1.82) is 0 Å². The Labute approximate surface area is 169 Å². The first kappa shape index (κ1) is 19.4. The Morgan fingerprint density at radius 3 is 2.86 bits per heavy atom. The minimum absolute atomic E-state index is 0.0584. The number of aromatic nitrogens is 3. The van der Waals surface area contributed by atoms with Crippen molar-refractivity contribution in [3.63, 3.8) is 0 Å². The van der Waals surface area contributed by atoms with E-state index in [0.717, 1.165) is 35.7 Å². The molecule has 0 spiro atoms. The zero-order valence-electron chi connectivity index (χ0n) is 16.3. The molecule has 0 aliphatic carbocycles. The molecule has 1 aliphatic rings. The average Bonchev–Trinajstić information content (AvgIpc) is 3.42. The molecule has 4 N–H and O–H groups in total. The average molecular weight is 394 g/mol. The van der Waals surface area contributed by atoms with E-state index in [0.29, 0.717) is 31.1 Å². The lowest BCUT2D eigenvalue weighted by Gasteiger charge is -2.11. The molecule has 0 radical (unpaired) electrons. The number of hydrogen-bond donors (Lipinski definition) is 4. The smallest absolute Gasteiger partial charge is 0.251 e. The third-order valence-corrected chi connectivity index (χ3v) is 5.12. The second-order valence-corrected chi connectivity index (χ2v) is 7.22. The highest BCUT2D eigenvalue weighted by molar-refractivity contribution is 5.94. The van der Waals surface area contributed by atoms with Crippen LogP contribution in [0.5, 0.6) is 0 Å². The van der Waals surface area contributed by atoms with Crippen molar-refractivity contribution in [3.05, 3.63) is 48.2 Å². The van der Waals surface area contributed by atoms with Crippen LogP contribution in [-0.4, -0.2) is 57.9 Å². The van der Waals surface area contributed by atoms with Gasteiger partial charge in [0.25, 0.3) is 5.91 Å². The van der Waals surface area contributed by atoms with Crippen molar-refractivity contribution in [2.24, 2.45) is 0 Å². The molecule has 1 aromatic carbocycles. The Morgan fingerprint density at radius 1 is 1.24 bits per heavy atom. The van der Waals surface area contributed by atoms with Gasteiger partial charge in [-0.1, -0.05) is 12.1 Å². The normalized spacial score (nSPS) is 16.2. The number of fused-ring (bicyclic) bond motifs is 1. The molecule has 0 unspecified atom stereocenters. The van der Waals surface area contributed by atoms with E-state index in [1.807, 2.05) is 36.4 Å². The number of nitrogens with zero attached hydrogens (tertiary/aromatic N) is 3. The lowest BCUT2D eigenvalue weighted by atomic mass is 10.1. The molecule has 2 aromatic heterocycles. The molecule has 1 saturated heterocycles. The van der Waals surface area contributed by atoms with Gasteiger partial charge in [-0.15, -0.1) is 5.10 Å². The third kappa shape index (κ3) is 4.55. The number of amides is 1. The van der Waals surface area contributed by atoms with Crippen LogP contribution >= 0.6 is 0 Å². The van der Waals surface area contributed by atoms with Gasteiger partial charge in [0.15, 0.2) is 5.65 Å². The van der Waals surface area contributed by atoms with Gasteiger partial charge in [0, 0.05) is 36.9 Å². The summed E-state index contributed by atoms with van der Waals surface area (Å²) in [5.41, 5.74) is 3.18. The van der Waals surface area contributed by atoms with Gasteiger partial charge in [0.1, 0.15) is 5.82 Å². The summed E-state index contributed by atoms with van der Waals surface area (Å²) < 4.78 is 1.78. The van der Waals surface area contributed by atoms with Crippen molar-refractivity contribution in [3.8, 4) is 11.3 Å². The molecule has 3 aromatic rings. The number of anilines is 1. The fourth-order valence-corrected chi connectivity index (χ4v) is 3.50. The number of nitrogens with one attached hydrogen (secondary N) is 3. The highest BCUT2D eigenvalue weighted by atomic mass is 16.3. The Kier molecular flexibility index (Phi) is 6.02.